The number of hydrogen-bond donors (Lipinski definition) is 2. The number of carboxylic acid groups (broad SMARTS) is 1. The van der Waals surface area contributed by atoms with E-state index in [1.807, 2.05) is 19.1 Å². The molecule has 1 aromatic heterocycles. The number of rotatable bonds is 1. The first kappa shape index (κ1) is 10.1. The van der Waals surface area contributed by atoms with Crippen LogP contribution in [0.2, 0.25) is 0 Å². The summed E-state index contributed by atoms with van der Waals surface area (Å²) in [6, 6.07) is 3.72. The Morgan fingerprint density at radius 1 is 1.73 bits per heavy atom. The van der Waals surface area contributed by atoms with E-state index >= 15 is 0 Å². The average molecular weight is 206 g/mol. The van der Waals surface area contributed by atoms with Crippen molar-refractivity contribution >= 4 is 5.97 Å². The van der Waals surface area contributed by atoms with Crippen LogP contribution >= 0.6 is 0 Å². The Morgan fingerprint density at radius 3 is 3.13 bits per heavy atom. The van der Waals surface area contributed by atoms with E-state index < -0.39 is 11.5 Å². The molecule has 2 unspecified atom stereocenters. The average Bonchev–Trinajstić information content (AvgIpc) is 2.23. The van der Waals surface area contributed by atoms with Crippen molar-refractivity contribution in [3.63, 3.8) is 0 Å². The lowest BCUT2D eigenvalue weighted by Crippen LogP contribution is -2.53. The van der Waals surface area contributed by atoms with Gasteiger partial charge in [-0.2, -0.15) is 0 Å². The fourth-order valence-electron chi connectivity index (χ4n) is 2.16. The van der Waals surface area contributed by atoms with Gasteiger partial charge in [0.25, 0.3) is 0 Å². The molecule has 1 aliphatic rings. The summed E-state index contributed by atoms with van der Waals surface area (Å²) in [5.74, 6) is -1.08. The van der Waals surface area contributed by atoms with Gasteiger partial charge in [0.15, 0.2) is 5.54 Å². The van der Waals surface area contributed by atoms with Crippen LogP contribution in [0.25, 0.3) is 0 Å². The molecule has 0 fully saturated rings. The fourth-order valence-corrected chi connectivity index (χ4v) is 2.16. The second kappa shape index (κ2) is 3.31. The molecule has 15 heavy (non-hydrogen) atoms. The number of aryl methyl sites for hydroxylation is 1. The van der Waals surface area contributed by atoms with Gasteiger partial charge in [-0.3, -0.25) is 4.98 Å². The molecule has 1 heterocycles. The van der Waals surface area contributed by atoms with E-state index in [0.29, 0.717) is 5.69 Å². The molecule has 2 rings (SSSR count). The molecule has 0 radical (unpaired) electrons. The van der Waals surface area contributed by atoms with E-state index in [0.717, 1.165) is 18.4 Å². The third kappa shape index (κ3) is 1.33. The molecule has 0 aromatic carbocycles. The zero-order valence-electron chi connectivity index (χ0n) is 8.60. The van der Waals surface area contributed by atoms with Crippen molar-refractivity contribution in [2.45, 2.75) is 25.3 Å². The van der Waals surface area contributed by atoms with E-state index in [1.165, 1.54) is 0 Å². The van der Waals surface area contributed by atoms with Crippen LogP contribution in [0.15, 0.2) is 18.3 Å². The summed E-state index contributed by atoms with van der Waals surface area (Å²) in [6.45, 7) is 1.87. The van der Waals surface area contributed by atoms with E-state index in [-0.39, 0.29) is 5.92 Å². The van der Waals surface area contributed by atoms with Crippen LogP contribution in [-0.4, -0.2) is 16.1 Å². The fraction of sp³-hybridized carbons (Fsp3) is 0.455. The largest absolute Gasteiger partial charge is 0.480 e. The molecule has 2 atom stereocenters. The lowest BCUT2D eigenvalue weighted by atomic mass is 9.73. The Bertz CT molecular complexity index is 405. The summed E-state index contributed by atoms with van der Waals surface area (Å²) < 4.78 is 0. The highest BCUT2D eigenvalue weighted by Gasteiger charge is 2.46. The van der Waals surface area contributed by atoms with E-state index in [1.54, 1.807) is 6.20 Å². The van der Waals surface area contributed by atoms with Crippen molar-refractivity contribution in [3.05, 3.63) is 29.6 Å². The summed E-state index contributed by atoms with van der Waals surface area (Å²) in [7, 11) is 0. The van der Waals surface area contributed by atoms with Crippen molar-refractivity contribution in [1.82, 2.24) is 4.98 Å². The number of fused-ring (bicyclic) bond motifs is 1. The predicted molar refractivity (Wildman–Crippen MR) is 55.2 cm³/mol. The smallest absolute Gasteiger partial charge is 0.330 e. The number of nitrogens with two attached hydrogens (primary N) is 1. The van der Waals surface area contributed by atoms with E-state index in [2.05, 4.69) is 4.98 Å². The van der Waals surface area contributed by atoms with Gasteiger partial charge in [0.05, 0.1) is 5.69 Å². The van der Waals surface area contributed by atoms with Crippen LogP contribution in [0.5, 0.6) is 0 Å². The maximum atomic E-state index is 11.3. The number of aliphatic carboxylic acids is 1. The SMILES string of the molecule is CC1CCc2cccnc2C1(N)C(=O)O. The zero-order chi connectivity index (χ0) is 11.1. The number of carbonyl (C=O) groups is 1. The maximum Gasteiger partial charge on any atom is 0.330 e. The molecule has 0 bridgehead atoms. The minimum absolute atomic E-state index is 0.0857. The Labute approximate surface area is 88.1 Å². The first-order valence-electron chi connectivity index (χ1n) is 5.03. The number of hydrogen-bond acceptors (Lipinski definition) is 3. The van der Waals surface area contributed by atoms with Gasteiger partial charge in [0, 0.05) is 6.20 Å². The monoisotopic (exact) mass is 206 g/mol. The lowest BCUT2D eigenvalue weighted by molar-refractivity contribution is -0.146. The number of aromatic nitrogens is 1. The van der Waals surface area contributed by atoms with Gasteiger partial charge in [0.2, 0.25) is 0 Å². The van der Waals surface area contributed by atoms with E-state index in [9.17, 15) is 9.90 Å². The molecule has 4 heteroatoms. The Morgan fingerprint density at radius 2 is 2.47 bits per heavy atom. The molecule has 1 aromatic rings. The first-order chi connectivity index (χ1) is 7.06. The van der Waals surface area contributed by atoms with Gasteiger partial charge in [0.1, 0.15) is 0 Å². The third-order valence-corrected chi connectivity index (χ3v) is 3.26. The second-order valence-electron chi connectivity index (χ2n) is 4.13. The molecule has 4 nitrogen and oxygen atoms in total. The van der Waals surface area contributed by atoms with Crippen LogP contribution in [0.1, 0.15) is 24.6 Å². The summed E-state index contributed by atoms with van der Waals surface area (Å²) in [6.07, 6.45) is 3.25. The molecule has 80 valence electrons. The zero-order valence-corrected chi connectivity index (χ0v) is 8.60. The molecule has 3 N–H and O–H groups in total. The van der Waals surface area contributed by atoms with Gasteiger partial charge < -0.3 is 10.8 Å². The molecule has 0 saturated heterocycles. The number of nitrogens with zero attached hydrogens (tertiary/aromatic N) is 1. The third-order valence-electron chi connectivity index (χ3n) is 3.26. The van der Waals surface area contributed by atoms with Gasteiger partial charge in [-0.05, 0) is 30.4 Å². The molecular formula is C11H14N2O2. The summed E-state index contributed by atoms with van der Waals surface area (Å²) in [5.41, 5.74) is 6.15. The maximum absolute atomic E-state index is 11.3. The topological polar surface area (TPSA) is 76.2 Å². The minimum atomic E-state index is -1.32. The summed E-state index contributed by atoms with van der Waals surface area (Å²) >= 11 is 0. The number of carboxylic acids is 1. The first-order valence-corrected chi connectivity index (χ1v) is 5.03. The van der Waals surface area contributed by atoms with Crippen LogP contribution < -0.4 is 5.73 Å². The van der Waals surface area contributed by atoms with Crippen molar-refractivity contribution in [1.29, 1.82) is 0 Å². The molecule has 0 saturated carbocycles. The van der Waals surface area contributed by atoms with Crippen LogP contribution in [0, 0.1) is 5.92 Å². The molecule has 1 aliphatic carbocycles. The van der Waals surface area contributed by atoms with Crippen molar-refractivity contribution in [3.8, 4) is 0 Å². The quantitative estimate of drug-likeness (QED) is 0.715. The van der Waals surface area contributed by atoms with Crippen LogP contribution in [0.4, 0.5) is 0 Å². The summed E-state index contributed by atoms with van der Waals surface area (Å²) in [4.78, 5) is 15.4. The molecule has 0 amide bonds. The lowest BCUT2D eigenvalue weighted by Gasteiger charge is -2.36. The van der Waals surface area contributed by atoms with Crippen molar-refractivity contribution < 1.29 is 9.90 Å². The van der Waals surface area contributed by atoms with Crippen molar-refractivity contribution in [2.75, 3.05) is 0 Å². The van der Waals surface area contributed by atoms with Crippen molar-refractivity contribution in [2.24, 2.45) is 11.7 Å². The Balaban J connectivity index is 2.60. The minimum Gasteiger partial charge on any atom is -0.480 e. The van der Waals surface area contributed by atoms with Crippen LogP contribution in [-0.2, 0) is 16.8 Å². The highest BCUT2D eigenvalue weighted by molar-refractivity contribution is 5.81. The van der Waals surface area contributed by atoms with E-state index in [4.69, 9.17) is 5.73 Å². The number of pyridine rings is 1. The normalized spacial score (nSPS) is 29.6. The predicted octanol–water partition coefficient (Wildman–Crippen LogP) is 0.903. The standard InChI is InChI=1S/C11H14N2O2/c1-7-4-5-8-3-2-6-13-9(8)11(7,12)10(14)15/h2-3,6-7H,4-5,12H2,1H3,(H,14,15). The highest BCUT2D eigenvalue weighted by Crippen LogP contribution is 2.36. The van der Waals surface area contributed by atoms with Gasteiger partial charge in [-0.25, -0.2) is 4.79 Å². The van der Waals surface area contributed by atoms with Gasteiger partial charge in [-0.15, -0.1) is 0 Å². The molecule has 0 aliphatic heterocycles. The summed E-state index contributed by atoms with van der Waals surface area (Å²) in [5, 5.41) is 9.25. The Hall–Kier alpha value is -1.42. The molecule has 0 spiro atoms. The van der Waals surface area contributed by atoms with Gasteiger partial charge >= 0.3 is 5.97 Å². The highest BCUT2D eigenvalue weighted by atomic mass is 16.4. The Kier molecular flexibility index (Phi) is 2.23. The van der Waals surface area contributed by atoms with Crippen LogP contribution in [0.3, 0.4) is 0 Å². The molecular weight excluding hydrogens is 192 g/mol. The van der Waals surface area contributed by atoms with Gasteiger partial charge in [-0.1, -0.05) is 13.0 Å². The second-order valence-corrected chi connectivity index (χ2v) is 4.13.